The maximum absolute atomic E-state index is 13.2. The number of fused-ring (bicyclic) bond motifs is 6. The maximum atomic E-state index is 13.2. The number of carbonyl (C=O) groups excluding carboxylic acids is 4. The number of urea groups is 4. The molecule has 12 heteroatoms. The minimum Gasteiger partial charge on any atom is -0.334 e. The van der Waals surface area contributed by atoms with E-state index in [2.05, 4.69) is 76.3 Å². The molecular weight excluding hydrogens is 632 g/mol. The Bertz CT molecular complexity index is 1750. The molecule has 0 fully saturated rings. The molecule has 260 valence electrons. The summed E-state index contributed by atoms with van der Waals surface area (Å²) in [7, 11) is 0. The zero-order chi connectivity index (χ0) is 35.6. The van der Waals surface area contributed by atoms with Crippen LogP contribution in [-0.4, -0.2) is 24.1 Å². The highest BCUT2D eigenvalue weighted by molar-refractivity contribution is 5.99. The SMILES string of the molecule is CC(C)c1cc(C(C)C)c2cc1CNC(=O)Nc1ccccc1NC(=O)NCc1cccc(c1)CNC(=O)Nc1ccccc1NC(=O)NC2. The van der Waals surface area contributed by atoms with E-state index in [1.807, 2.05) is 30.3 Å². The summed E-state index contributed by atoms with van der Waals surface area (Å²) in [4.78, 5) is 52.1. The Balaban J connectivity index is 1.43. The van der Waals surface area contributed by atoms with Gasteiger partial charge in [-0.05, 0) is 69.5 Å². The molecule has 4 aromatic rings. The average Bonchev–Trinajstić information content (AvgIpc) is 3.09. The van der Waals surface area contributed by atoms with E-state index in [9.17, 15) is 19.2 Å². The van der Waals surface area contributed by atoms with E-state index in [0.717, 1.165) is 33.4 Å². The predicted octanol–water partition coefficient (Wildman–Crippen LogP) is 7.53. The first-order chi connectivity index (χ1) is 24.0. The summed E-state index contributed by atoms with van der Waals surface area (Å²) in [6.07, 6.45) is 0. The van der Waals surface area contributed by atoms with Gasteiger partial charge in [-0.2, -0.15) is 0 Å². The van der Waals surface area contributed by atoms with Crippen LogP contribution in [0.3, 0.4) is 0 Å². The van der Waals surface area contributed by atoms with Gasteiger partial charge in [-0.3, -0.25) is 0 Å². The van der Waals surface area contributed by atoms with Crippen molar-refractivity contribution in [2.45, 2.75) is 65.7 Å². The second-order valence-corrected chi connectivity index (χ2v) is 12.7. The normalized spacial score (nSPS) is 14.7. The standard InChI is InChI=1S/C38H44N8O4/c1-23(2)29-18-30(24(3)4)28-17-27(29)21-41-37(49)45-33-14-7-5-12-31(33)43-35(47)39-19-25-10-9-11-26(16-25)20-40-36(48)44-32-13-6-8-15-34(32)46-38(50)42-22-28/h5-18,23-24H,19-22H2,1-4H3,(H2,39,43,47)(H2,40,44,48)(H2,41,45,49)(H2,42,46,50). The second kappa shape index (κ2) is 16.4. The van der Waals surface area contributed by atoms with Crippen LogP contribution < -0.4 is 42.5 Å². The fraction of sp³-hybridized carbons (Fsp3) is 0.263. The lowest BCUT2D eigenvalue weighted by Crippen LogP contribution is -2.32. The molecule has 4 bridgehead atoms. The Kier molecular flexibility index (Phi) is 11.6. The van der Waals surface area contributed by atoms with Gasteiger partial charge in [0, 0.05) is 26.2 Å². The lowest BCUT2D eigenvalue weighted by atomic mass is 9.87. The fourth-order valence-corrected chi connectivity index (χ4v) is 5.74. The molecule has 0 aromatic heterocycles. The van der Waals surface area contributed by atoms with Crippen molar-refractivity contribution in [3.63, 3.8) is 0 Å². The van der Waals surface area contributed by atoms with Crippen LogP contribution >= 0.6 is 0 Å². The third kappa shape index (κ3) is 9.53. The summed E-state index contributed by atoms with van der Waals surface area (Å²) in [6, 6.07) is 23.8. The van der Waals surface area contributed by atoms with E-state index >= 15 is 0 Å². The van der Waals surface area contributed by atoms with E-state index in [4.69, 9.17) is 0 Å². The monoisotopic (exact) mass is 676 g/mol. The van der Waals surface area contributed by atoms with Gasteiger partial charge in [-0.15, -0.1) is 0 Å². The van der Waals surface area contributed by atoms with Crippen molar-refractivity contribution in [3.05, 3.63) is 118 Å². The highest BCUT2D eigenvalue weighted by Gasteiger charge is 2.18. The van der Waals surface area contributed by atoms with E-state index in [-0.39, 0.29) is 38.0 Å². The van der Waals surface area contributed by atoms with Crippen LogP contribution in [0.4, 0.5) is 41.9 Å². The minimum atomic E-state index is -0.442. The summed E-state index contributed by atoms with van der Waals surface area (Å²) < 4.78 is 0. The Morgan fingerprint density at radius 1 is 0.420 bits per heavy atom. The molecule has 0 aliphatic carbocycles. The lowest BCUT2D eigenvalue weighted by Gasteiger charge is -2.22. The Morgan fingerprint density at radius 2 is 0.760 bits per heavy atom. The molecule has 0 unspecified atom stereocenters. The first-order valence-corrected chi connectivity index (χ1v) is 16.7. The molecule has 1 aliphatic rings. The third-order valence-electron chi connectivity index (χ3n) is 8.27. The lowest BCUT2D eigenvalue weighted by molar-refractivity contribution is 0.250. The van der Waals surface area contributed by atoms with Crippen molar-refractivity contribution in [2.75, 3.05) is 21.3 Å². The number of carbonyl (C=O) groups is 4. The van der Waals surface area contributed by atoms with Crippen LogP contribution in [0.25, 0.3) is 0 Å². The summed E-state index contributed by atoms with van der Waals surface area (Å²) in [5.41, 5.74) is 7.44. The van der Waals surface area contributed by atoms with Gasteiger partial charge in [-0.25, -0.2) is 19.2 Å². The van der Waals surface area contributed by atoms with Gasteiger partial charge in [0.05, 0.1) is 22.7 Å². The molecule has 1 heterocycles. The van der Waals surface area contributed by atoms with Crippen LogP contribution in [0.2, 0.25) is 0 Å². The zero-order valence-corrected chi connectivity index (χ0v) is 28.7. The minimum absolute atomic E-state index is 0.185. The number of rotatable bonds is 2. The van der Waals surface area contributed by atoms with Crippen molar-refractivity contribution in [2.24, 2.45) is 0 Å². The van der Waals surface area contributed by atoms with Crippen molar-refractivity contribution >= 4 is 46.9 Å². The molecule has 50 heavy (non-hydrogen) atoms. The number of benzene rings is 4. The van der Waals surface area contributed by atoms with Gasteiger partial charge in [0.15, 0.2) is 0 Å². The molecule has 5 rings (SSSR count). The Morgan fingerprint density at radius 3 is 1.10 bits per heavy atom. The van der Waals surface area contributed by atoms with Gasteiger partial charge < -0.3 is 42.5 Å². The number of hydrogen-bond donors (Lipinski definition) is 8. The number of anilines is 4. The van der Waals surface area contributed by atoms with Gasteiger partial charge in [0.1, 0.15) is 0 Å². The van der Waals surface area contributed by atoms with Crippen LogP contribution in [0.5, 0.6) is 0 Å². The summed E-state index contributed by atoms with van der Waals surface area (Å²) in [6.45, 7) is 9.37. The van der Waals surface area contributed by atoms with E-state index in [1.165, 1.54) is 0 Å². The van der Waals surface area contributed by atoms with Gasteiger partial charge in [0.2, 0.25) is 0 Å². The zero-order valence-electron chi connectivity index (χ0n) is 28.7. The summed E-state index contributed by atoms with van der Waals surface area (Å²) >= 11 is 0. The molecular formula is C38H44N8O4. The molecule has 8 N–H and O–H groups in total. The van der Waals surface area contributed by atoms with Crippen LogP contribution in [0, 0.1) is 0 Å². The third-order valence-corrected chi connectivity index (χ3v) is 8.27. The maximum Gasteiger partial charge on any atom is 0.319 e. The molecule has 0 saturated heterocycles. The largest absolute Gasteiger partial charge is 0.334 e. The molecule has 0 saturated carbocycles. The number of nitrogens with one attached hydrogen (secondary N) is 8. The molecule has 0 spiro atoms. The van der Waals surface area contributed by atoms with Crippen LogP contribution in [-0.2, 0) is 26.2 Å². The van der Waals surface area contributed by atoms with Gasteiger partial charge >= 0.3 is 24.1 Å². The van der Waals surface area contributed by atoms with E-state index in [0.29, 0.717) is 22.7 Å². The molecule has 8 amide bonds. The Labute approximate surface area is 292 Å². The van der Waals surface area contributed by atoms with E-state index in [1.54, 1.807) is 48.5 Å². The van der Waals surface area contributed by atoms with Crippen molar-refractivity contribution in [1.82, 2.24) is 21.3 Å². The number of para-hydroxylation sites is 4. The number of hydrogen-bond acceptors (Lipinski definition) is 4. The van der Waals surface area contributed by atoms with E-state index < -0.39 is 24.1 Å². The molecule has 1 aliphatic heterocycles. The molecule has 4 aromatic carbocycles. The van der Waals surface area contributed by atoms with Crippen molar-refractivity contribution < 1.29 is 19.2 Å². The topological polar surface area (TPSA) is 165 Å². The molecule has 0 radical (unpaired) electrons. The molecule has 12 nitrogen and oxygen atoms in total. The smallest absolute Gasteiger partial charge is 0.319 e. The predicted molar refractivity (Wildman–Crippen MR) is 197 cm³/mol. The van der Waals surface area contributed by atoms with Gasteiger partial charge in [-0.1, -0.05) is 88.4 Å². The highest BCUT2D eigenvalue weighted by atomic mass is 16.2. The summed E-state index contributed by atoms with van der Waals surface area (Å²) in [5.74, 6) is 0.371. The second-order valence-electron chi connectivity index (χ2n) is 12.7. The quantitative estimate of drug-likeness (QED) is 0.110. The number of amides is 8. The van der Waals surface area contributed by atoms with Crippen LogP contribution in [0.15, 0.2) is 84.9 Å². The van der Waals surface area contributed by atoms with Crippen LogP contribution in [0.1, 0.15) is 72.9 Å². The first kappa shape index (κ1) is 35.3. The average molecular weight is 677 g/mol. The summed E-state index contributed by atoms with van der Waals surface area (Å²) in [5, 5.41) is 22.9. The van der Waals surface area contributed by atoms with Crippen molar-refractivity contribution in [1.29, 1.82) is 0 Å². The Hall–Kier alpha value is -6.04. The first-order valence-electron chi connectivity index (χ1n) is 16.7. The fourth-order valence-electron chi connectivity index (χ4n) is 5.74. The molecule has 0 atom stereocenters. The van der Waals surface area contributed by atoms with Crippen molar-refractivity contribution in [3.8, 4) is 0 Å². The highest BCUT2D eigenvalue weighted by Crippen LogP contribution is 2.29. The van der Waals surface area contributed by atoms with Gasteiger partial charge in [0.25, 0.3) is 0 Å².